The van der Waals surface area contributed by atoms with E-state index in [4.69, 9.17) is 10.3 Å². The lowest BCUT2D eigenvalue weighted by Crippen LogP contribution is -2.41. The van der Waals surface area contributed by atoms with Crippen LogP contribution in [-0.2, 0) is 16.5 Å². The minimum atomic E-state index is -4.67. The molecule has 1 amide bonds. The highest BCUT2D eigenvalue weighted by atomic mass is 19.4. The summed E-state index contributed by atoms with van der Waals surface area (Å²) in [5.74, 6) is -1.62. The van der Waals surface area contributed by atoms with E-state index in [1.54, 1.807) is 0 Å². The number of alkyl halides is 3. The Morgan fingerprint density at radius 2 is 1.93 bits per heavy atom. The molecule has 30 heavy (non-hydrogen) atoms. The van der Waals surface area contributed by atoms with Crippen LogP contribution in [0.5, 0.6) is 0 Å². The number of aromatic nitrogens is 2. The molecule has 1 unspecified atom stereocenters. The summed E-state index contributed by atoms with van der Waals surface area (Å²) in [5, 5.41) is 3.67. The highest BCUT2D eigenvalue weighted by Gasteiger charge is 2.51. The maximum absolute atomic E-state index is 14.4. The summed E-state index contributed by atoms with van der Waals surface area (Å²) in [6, 6.07) is 6.48. The number of likely N-dealkylation sites (N-methyl/N-ethyl adjacent to an activating group) is 1. The topological polar surface area (TPSA) is 97.6 Å². The molecule has 7 nitrogen and oxygen atoms in total. The Morgan fingerprint density at radius 1 is 1.17 bits per heavy atom. The minimum absolute atomic E-state index is 0.0243. The molecule has 0 spiro atoms. The van der Waals surface area contributed by atoms with E-state index >= 15 is 0 Å². The molecule has 2 N–H and O–H groups in total. The predicted octanol–water partition coefficient (Wildman–Crippen LogP) is 2.92. The van der Waals surface area contributed by atoms with Gasteiger partial charge in [-0.3, -0.25) is 14.7 Å². The zero-order chi connectivity index (χ0) is 21.7. The second-order valence-electron chi connectivity index (χ2n) is 6.55. The predicted molar refractivity (Wildman–Crippen MR) is 96.3 cm³/mol. The van der Waals surface area contributed by atoms with Gasteiger partial charge in [-0.1, -0.05) is 11.2 Å². The third kappa shape index (κ3) is 2.90. The maximum Gasteiger partial charge on any atom is 0.416 e. The number of pyridine rings is 1. The molecule has 11 heteroatoms. The van der Waals surface area contributed by atoms with Gasteiger partial charge >= 0.3 is 6.18 Å². The van der Waals surface area contributed by atoms with E-state index in [0.717, 1.165) is 29.3 Å². The van der Waals surface area contributed by atoms with Crippen molar-refractivity contribution in [1.29, 1.82) is 0 Å². The Labute approximate surface area is 166 Å². The van der Waals surface area contributed by atoms with Gasteiger partial charge in [-0.05, 0) is 29.8 Å². The number of carbonyl (C=O) groups excluding carboxylic acids is 1. The van der Waals surface area contributed by atoms with Gasteiger partial charge < -0.3 is 10.3 Å². The smallest absolute Gasteiger partial charge is 0.369 e. The van der Waals surface area contributed by atoms with Crippen molar-refractivity contribution in [2.45, 2.75) is 11.7 Å². The second-order valence-corrected chi connectivity index (χ2v) is 6.55. The highest BCUT2D eigenvalue weighted by molar-refractivity contribution is 6.08. The number of benzene rings is 1. The van der Waals surface area contributed by atoms with Crippen LogP contribution in [0.2, 0.25) is 0 Å². The number of guanidine groups is 1. The number of nitrogens with two attached hydrogens (primary N) is 1. The number of aliphatic imine (C=N–C) groups is 1. The zero-order valence-electron chi connectivity index (χ0n) is 15.3. The third-order valence-electron chi connectivity index (χ3n) is 4.80. The average Bonchev–Trinajstić information content (AvgIpc) is 3.32. The fraction of sp³-hybridized carbons (Fsp3) is 0.158. The first-order chi connectivity index (χ1) is 14.1. The standard InChI is InChI=1S/C19H13F4N5O2/c1-28-16(29)18(26-17(28)24,15-9-11(4-6-25-15)19(21,22)23)10-2-3-13(20)12(8-10)14-5-7-30-27-14/h2-9H,1H3,(H2,24,26). The number of amides is 1. The first-order valence-electron chi connectivity index (χ1n) is 8.52. The fourth-order valence-electron chi connectivity index (χ4n) is 3.25. The quantitative estimate of drug-likeness (QED) is 0.659. The summed E-state index contributed by atoms with van der Waals surface area (Å²) in [5.41, 5.74) is 2.66. The van der Waals surface area contributed by atoms with Crippen LogP contribution in [0.4, 0.5) is 17.6 Å². The Hall–Kier alpha value is -3.76. The van der Waals surface area contributed by atoms with Crippen molar-refractivity contribution in [2.75, 3.05) is 7.05 Å². The molecule has 3 heterocycles. The van der Waals surface area contributed by atoms with Crippen molar-refractivity contribution in [3.63, 3.8) is 0 Å². The van der Waals surface area contributed by atoms with Crippen LogP contribution in [0.3, 0.4) is 0 Å². The first-order valence-corrected chi connectivity index (χ1v) is 8.52. The number of carbonyl (C=O) groups is 1. The van der Waals surface area contributed by atoms with Crippen LogP contribution >= 0.6 is 0 Å². The van der Waals surface area contributed by atoms with Crippen LogP contribution in [0.15, 0.2) is 58.4 Å². The third-order valence-corrected chi connectivity index (χ3v) is 4.80. The molecule has 0 bridgehead atoms. The zero-order valence-corrected chi connectivity index (χ0v) is 15.3. The lowest BCUT2D eigenvalue weighted by molar-refractivity contribution is -0.138. The van der Waals surface area contributed by atoms with E-state index in [1.807, 2.05) is 0 Å². The van der Waals surface area contributed by atoms with Crippen LogP contribution in [0, 0.1) is 5.82 Å². The van der Waals surface area contributed by atoms with Crippen LogP contribution in [0.1, 0.15) is 16.8 Å². The normalized spacial score (nSPS) is 19.3. The van der Waals surface area contributed by atoms with Gasteiger partial charge in [0.1, 0.15) is 17.8 Å². The van der Waals surface area contributed by atoms with Gasteiger partial charge in [-0.15, -0.1) is 0 Å². The lowest BCUT2D eigenvalue weighted by atomic mass is 9.84. The molecule has 1 atom stereocenters. The van der Waals surface area contributed by atoms with Crippen molar-refractivity contribution in [3.8, 4) is 11.3 Å². The summed E-state index contributed by atoms with van der Waals surface area (Å²) >= 11 is 0. The number of nitrogens with zero attached hydrogens (tertiary/aromatic N) is 4. The van der Waals surface area contributed by atoms with Gasteiger partial charge in [0.25, 0.3) is 5.91 Å². The maximum atomic E-state index is 14.4. The van der Waals surface area contributed by atoms with E-state index < -0.39 is 29.0 Å². The van der Waals surface area contributed by atoms with Crippen LogP contribution in [0.25, 0.3) is 11.3 Å². The number of rotatable bonds is 3. The molecular weight excluding hydrogens is 406 g/mol. The SMILES string of the molecule is CN1C(=O)C(c2ccc(F)c(-c3ccon3)c2)(c2cc(C(F)(F)F)ccn2)N=C1N. The second kappa shape index (κ2) is 6.65. The van der Waals surface area contributed by atoms with Gasteiger partial charge in [0.2, 0.25) is 5.54 Å². The molecule has 154 valence electrons. The molecule has 1 aliphatic rings. The summed E-state index contributed by atoms with van der Waals surface area (Å²) in [7, 11) is 1.33. The summed E-state index contributed by atoms with van der Waals surface area (Å²) in [6.07, 6.45) is -2.51. The van der Waals surface area contributed by atoms with E-state index in [1.165, 1.54) is 31.5 Å². The van der Waals surface area contributed by atoms with Gasteiger partial charge in [-0.25, -0.2) is 9.38 Å². The van der Waals surface area contributed by atoms with Crippen molar-refractivity contribution in [2.24, 2.45) is 10.7 Å². The number of hydrogen-bond donors (Lipinski definition) is 1. The Bertz CT molecular complexity index is 1160. The van der Waals surface area contributed by atoms with Gasteiger partial charge in [0, 0.05) is 24.9 Å². The van der Waals surface area contributed by atoms with Crippen molar-refractivity contribution in [3.05, 3.63) is 71.5 Å². The van der Waals surface area contributed by atoms with Crippen molar-refractivity contribution in [1.82, 2.24) is 15.0 Å². The van der Waals surface area contributed by atoms with E-state index in [9.17, 15) is 22.4 Å². The van der Waals surface area contributed by atoms with Crippen LogP contribution < -0.4 is 5.73 Å². The Kier molecular flexibility index (Phi) is 4.33. The largest absolute Gasteiger partial charge is 0.416 e. The Balaban J connectivity index is 1.99. The van der Waals surface area contributed by atoms with E-state index in [2.05, 4.69) is 15.1 Å². The molecule has 0 saturated heterocycles. The molecule has 1 aromatic carbocycles. The summed E-state index contributed by atoms with van der Waals surface area (Å²) in [4.78, 5) is 22.3. The van der Waals surface area contributed by atoms with Gasteiger partial charge in [-0.2, -0.15) is 13.2 Å². The van der Waals surface area contributed by atoms with Gasteiger partial charge in [0.15, 0.2) is 5.96 Å². The number of hydrogen-bond acceptors (Lipinski definition) is 6. The van der Waals surface area contributed by atoms with Crippen molar-refractivity contribution < 1.29 is 26.9 Å². The molecule has 2 aromatic heterocycles. The molecule has 3 aromatic rings. The van der Waals surface area contributed by atoms with Crippen molar-refractivity contribution >= 4 is 11.9 Å². The number of halogens is 4. The average molecular weight is 419 g/mol. The highest BCUT2D eigenvalue weighted by Crippen LogP contribution is 2.41. The molecule has 1 aliphatic heterocycles. The van der Waals surface area contributed by atoms with Gasteiger partial charge in [0.05, 0.1) is 11.3 Å². The summed E-state index contributed by atoms with van der Waals surface area (Å²) < 4.78 is 59.0. The van der Waals surface area contributed by atoms with Crippen LogP contribution in [-0.4, -0.2) is 34.0 Å². The fourth-order valence-corrected chi connectivity index (χ4v) is 3.25. The monoisotopic (exact) mass is 419 g/mol. The van der Waals surface area contributed by atoms with E-state index in [-0.39, 0.29) is 28.5 Å². The first kappa shape index (κ1) is 19.6. The molecular formula is C19H13F4N5O2. The molecule has 0 radical (unpaired) electrons. The molecule has 0 saturated carbocycles. The molecule has 4 rings (SSSR count). The molecule has 0 aliphatic carbocycles. The summed E-state index contributed by atoms with van der Waals surface area (Å²) in [6.45, 7) is 0. The minimum Gasteiger partial charge on any atom is -0.369 e. The Morgan fingerprint density at radius 3 is 2.53 bits per heavy atom. The van der Waals surface area contributed by atoms with E-state index in [0.29, 0.717) is 0 Å². The lowest BCUT2D eigenvalue weighted by Gasteiger charge is -2.26. The molecule has 0 fully saturated rings.